The summed E-state index contributed by atoms with van der Waals surface area (Å²) in [6, 6.07) is 5.20. The number of halogens is 2. The van der Waals surface area contributed by atoms with E-state index in [4.69, 9.17) is 5.26 Å². The van der Waals surface area contributed by atoms with Gasteiger partial charge in [0.2, 0.25) is 0 Å². The Bertz CT molecular complexity index is 525. The Hall–Kier alpha value is -1.12. The molecule has 0 spiro atoms. The van der Waals surface area contributed by atoms with Crippen molar-refractivity contribution in [1.29, 1.82) is 5.26 Å². The highest BCUT2D eigenvalue weighted by molar-refractivity contribution is 9.10. The highest BCUT2D eigenvalue weighted by Gasteiger charge is 2.26. The lowest BCUT2D eigenvalue weighted by Crippen LogP contribution is -2.28. The molecule has 19 heavy (non-hydrogen) atoms. The normalized spacial score (nSPS) is 23.8. The number of benzene rings is 1. The summed E-state index contributed by atoms with van der Waals surface area (Å²) in [4.78, 5) is 1.93. The molecule has 2 rings (SSSR count). The van der Waals surface area contributed by atoms with Crippen molar-refractivity contribution in [1.82, 2.24) is 0 Å². The molecule has 0 aromatic heterocycles. The van der Waals surface area contributed by atoms with E-state index < -0.39 is 11.4 Å². The van der Waals surface area contributed by atoms with Gasteiger partial charge in [0, 0.05) is 13.1 Å². The minimum Gasteiger partial charge on any atom is -0.390 e. The molecule has 1 aliphatic heterocycles. The Morgan fingerprint density at radius 3 is 2.84 bits per heavy atom. The van der Waals surface area contributed by atoms with Crippen molar-refractivity contribution in [2.45, 2.75) is 31.8 Å². The lowest BCUT2D eigenvalue weighted by molar-refractivity contribution is 0.0481. The van der Waals surface area contributed by atoms with Gasteiger partial charge >= 0.3 is 0 Å². The molecule has 1 N–H and O–H groups in total. The third-order valence-electron chi connectivity index (χ3n) is 3.59. The van der Waals surface area contributed by atoms with Gasteiger partial charge in [0.1, 0.15) is 6.07 Å². The first-order valence-electron chi connectivity index (χ1n) is 6.30. The zero-order valence-electron chi connectivity index (χ0n) is 10.8. The van der Waals surface area contributed by atoms with Crippen LogP contribution in [-0.4, -0.2) is 23.8 Å². The van der Waals surface area contributed by atoms with Gasteiger partial charge in [0.05, 0.1) is 21.3 Å². The summed E-state index contributed by atoms with van der Waals surface area (Å²) in [5, 5.41) is 18.9. The molecule has 3 nitrogen and oxygen atoms in total. The summed E-state index contributed by atoms with van der Waals surface area (Å²) in [6.07, 6.45) is 2.16. The number of nitrogens with zero attached hydrogens (tertiary/aromatic N) is 2. The first kappa shape index (κ1) is 14.3. The average molecular weight is 327 g/mol. The Kier molecular flexibility index (Phi) is 4.12. The zero-order valence-corrected chi connectivity index (χ0v) is 12.4. The van der Waals surface area contributed by atoms with Gasteiger partial charge in [0.15, 0.2) is 5.82 Å². The Balaban J connectivity index is 2.28. The number of nitriles is 1. The largest absolute Gasteiger partial charge is 0.390 e. The Morgan fingerprint density at radius 2 is 2.16 bits per heavy atom. The van der Waals surface area contributed by atoms with Gasteiger partial charge in [-0.3, -0.25) is 0 Å². The first-order chi connectivity index (χ1) is 8.94. The highest BCUT2D eigenvalue weighted by atomic mass is 79.9. The van der Waals surface area contributed by atoms with Gasteiger partial charge in [-0.1, -0.05) is 0 Å². The second-order valence-electron chi connectivity index (χ2n) is 5.21. The zero-order chi connectivity index (χ0) is 14.0. The van der Waals surface area contributed by atoms with E-state index in [1.54, 1.807) is 12.1 Å². The topological polar surface area (TPSA) is 47.3 Å². The fraction of sp³-hybridized carbons (Fsp3) is 0.500. The van der Waals surface area contributed by atoms with E-state index in [-0.39, 0.29) is 4.47 Å². The van der Waals surface area contributed by atoms with E-state index in [1.165, 1.54) is 0 Å². The quantitative estimate of drug-likeness (QED) is 0.862. The minimum absolute atomic E-state index is 0.212. The van der Waals surface area contributed by atoms with Gasteiger partial charge in [0.25, 0.3) is 0 Å². The van der Waals surface area contributed by atoms with Crippen LogP contribution in [0.5, 0.6) is 0 Å². The van der Waals surface area contributed by atoms with Crippen LogP contribution in [0.1, 0.15) is 31.7 Å². The van der Waals surface area contributed by atoms with E-state index in [0.29, 0.717) is 30.8 Å². The number of rotatable bonds is 1. The summed E-state index contributed by atoms with van der Waals surface area (Å²) in [5.74, 6) is -0.402. The van der Waals surface area contributed by atoms with Crippen LogP contribution in [0.3, 0.4) is 0 Å². The van der Waals surface area contributed by atoms with Crippen molar-refractivity contribution in [3.05, 3.63) is 28.0 Å². The standard InChI is InChI=1S/C14H16BrFN2O/c1-14(19)5-2-7-18(8-6-14)11-4-3-10(9-17)12(15)13(11)16/h3-4,19H,2,5-8H2,1H3. The molecule has 1 aliphatic rings. The molecule has 0 aliphatic carbocycles. The molecule has 0 bridgehead atoms. The molecule has 1 heterocycles. The van der Waals surface area contributed by atoms with Crippen LogP contribution < -0.4 is 4.90 Å². The smallest absolute Gasteiger partial charge is 0.161 e. The van der Waals surface area contributed by atoms with Crippen LogP contribution in [0.15, 0.2) is 16.6 Å². The number of aliphatic hydroxyl groups is 1. The molecule has 0 radical (unpaired) electrons. The Morgan fingerprint density at radius 1 is 1.42 bits per heavy atom. The van der Waals surface area contributed by atoms with Crippen molar-refractivity contribution < 1.29 is 9.50 Å². The van der Waals surface area contributed by atoms with E-state index in [1.807, 2.05) is 17.9 Å². The fourth-order valence-corrected chi connectivity index (χ4v) is 2.80. The molecule has 1 saturated heterocycles. The maximum absolute atomic E-state index is 14.3. The third-order valence-corrected chi connectivity index (χ3v) is 4.36. The predicted molar refractivity (Wildman–Crippen MR) is 75.5 cm³/mol. The molecule has 1 aromatic rings. The van der Waals surface area contributed by atoms with E-state index in [9.17, 15) is 9.50 Å². The Labute approximate surface area is 120 Å². The maximum atomic E-state index is 14.3. The minimum atomic E-state index is -0.672. The molecular weight excluding hydrogens is 311 g/mol. The van der Waals surface area contributed by atoms with Crippen LogP contribution in [0.25, 0.3) is 0 Å². The second-order valence-corrected chi connectivity index (χ2v) is 6.00. The van der Waals surface area contributed by atoms with Crippen LogP contribution in [-0.2, 0) is 0 Å². The van der Waals surface area contributed by atoms with Gasteiger partial charge < -0.3 is 10.0 Å². The summed E-state index contributed by atoms with van der Waals surface area (Å²) in [7, 11) is 0. The number of hydrogen-bond acceptors (Lipinski definition) is 3. The molecule has 0 saturated carbocycles. The lowest BCUT2D eigenvalue weighted by atomic mass is 9.98. The first-order valence-corrected chi connectivity index (χ1v) is 7.09. The average Bonchev–Trinajstić information content (AvgIpc) is 2.54. The second kappa shape index (κ2) is 5.48. The molecule has 1 unspecified atom stereocenters. The van der Waals surface area contributed by atoms with Crippen LogP contribution >= 0.6 is 15.9 Å². The summed E-state index contributed by atoms with van der Waals surface area (Å²) < 4.78 is 14.5. The van der Waals surface area contributed by atoms with Crippen molar-refractivity contribution in [3.8, 4) is 6.07 Å². The third kappa shape index (κ3) is 3.07. The van der Waals surface area contributed by atoms with Crippen molar-refractivity contribution in [3.63, 3.8) is 0 Å². The molecule has 1 atom stereocenters. The molecule has 5 heteroatoms. The van der Waals surface area contributed by atoms with Gasteiger partial charge in [-0.15, -0.1) is 0 Å². The summed E-state index contributed by atoms with van der Waals surface area (Å²) in [6.45, 7) is 3.15. The maximum Gasteiger partial charge on any atom is 0.161 e. The number of anilines is 1. The van der Waals surface area contributed by atoms with E-state index in [2.05, 4.69) is 15.9 Å². The van der Waals surface area contributed by atoms with E-state index in [0.717, 1.165) is 12.8 Å². The highest BCUT2D eigenvalue weighted by Crippen LogP contribution is 2.31. The lowest BCUT2D eigenvalue weighted by Gasteiger charge is -2.25. The monoisotopic (exact) mass is 326 g/mol. The molecule has 1 fully saturated rings. The summed E-state index contributed by atoms with van der Waals surface area (Å²) in [5.41, 5.74) is 0.112. The fourth-order valence-electron chi connectivity index (χ4n) is 2.37. The summed E-state index contributed by atoms with van der Waals surface area (Å²) >= 11 is 3.13. The van der Waals surface area contributed by atoms with Gasteiger partial charge in [-0.2, -0.15) is 5.26 Å². The molecule has 0 amide bonds. The molecular formula is C14H16BrFN2O. The van der Waals surface area contributed by atoms with E-state index >= 15 is 0 Å². The predicted octanol–water partition coefficient (Wildman–Crippen LogP) is 3.20. The number of hydrogen-bond donors (Lipinski definition) is 1. The van der Waals surface area contributed by atoms with Crippen molar-refractivity contribution in [2.24, 2.45) is 0 Å². The van der Waals surface area contributed by atoms with Crippen LogP contribution in [0.4, 0.5) is 10.1 Å². The molecule has 1 aromatic carbocycles. The SMILES string of the molecule is CC1(O)CCCN(c2ccc(C#N)c(Br)c2F)CC1. The van der Waals surface area contributed by atoms with Crippen LogP contribution in [0, 0.1) is 17.1 Å². The van der Waals surface area contributed by atoms with Gasteiger partial charge in [-0.05, 0) is 54.2 Å². The van der Waals surface area contributed by atoms with Crippen molar-refractivity contribution in [2.75, 3.05) is 18.0 Å². The van der Waals surface area contributed by atoms with Gasteiger partial charge in [-0.25, -0.2) is 4.39 Å². The van der Waals surface area contributed by atoms with Crippen molar-refractivity contribution >= 4 is 21.6 Å². The van der Waals surface area contributed by atoms with Crippen LogP contribution in [0.2, 0.25) is 0 Å². The molecule has 102 valence electrons.